The van der Waals surface area contributed by atoms with E-state index < -0.39 is 0 Å². The molecule has 6 nitrogen and oxygen atoms in total. The molecule has 2 aromatic rings. The van der Waals surface area contributed by atoms with Crippen LogP contribution in [0.3, 0.4) is 0 Å². The summed E-state index contributed by atoms with van der Waals surface area (Å²) >= 11 is 0. The van der Waals surface area contributed by atoms with Gasteiger partial charge in [-0.3, -0.25) is 4.90 Å². The third-order valence-electron chi connectivity index (χ3n) is 4.12. The molecule has 0 amide bonds. The predicted octanol–water partition coefficient (Wildman–Crippen LogP) is 1.62. The number of hydrogen-bond acceptors (Lipinski definition) is 5. The van der Waals surface area contributed by atoms with Crippen LogP contribution in [-0.2, 0) is 13.6 Å². The van der Waals surface area contributed by atoms with Crippen molar-refractivity contribution in [1.29, 1.82) is 5.26 Å². The van der Waals surface area contributed by atoms with Gasteiger partial charge >= 0.3 is 0 Å². The van der Waals surface area contributed by atoms with Crippen LogP contribution in [0.25, 0.3) is 0 Å². The minimum Gasteiger partial charge on any atom is -0.370 e. The van der Waals surface area contributed by atoms with Gasteiger partial charge in [-0.05, 0) is 31.0 Å². The molecule has 3 heterocycles. The first-order valence-electron chi connectivity index (χ1n) is 7.53. The van der Waals surface area contributed by atoms with Gasteiger partial charge in [0.05, 0.1) is 12.1 Å². The molecule has 0 radical (unpaired) electrons. The highest BCUT2D eigenvalue weighted by atomic mass is 15.2. The Kier molecular flexibility index (Phi) is 4.35. The van der Waals surface area contributed by atoms with E-state index in [-0.39, 0.29) is 0 Å². The van der Waals surface area contributed by atoms with Crippen molar-refractivity contribution in [2.75, 3.05) is 25.0 Å². The van der Waals surface area contributed by atoms with Crippen molar-refractivity contribution in [2.45, 2.75) is 13.0 Å². The lowest BCUT2D eigenvalue weighted by atomic mass is 10.1. The van der Waals surface area contributed by atoms with Gasteiger partial charge in [0.15, 0.2) is 0 Å². The Bertz CT molecular complexity index is 654. The Hall–Kier alpha value is -2.39. The van der Waals surface area contributed by atoms with Crippen LogP contribution in [0.5, 0.6) is 0 Å². The largest absolute Gasteiger partial charge is 0.370 e. The van der Waals surface area contributed by atoms with Crippen LogP contribution in [0.2, 0.25) is 0 Å². The van der Waals surface area contributed by atoms with E-state index >= 15 is 0 Å². The lowest BCUT2D eigenvalue weighted by molar-refractivity contribution is 0.307. The highest BCUT2D eigenvalue weighted by molar-refractivity contribution is 5.38. The molecule has 0 aliphatic carbocycles. The monoisotopic (exact) mass is 296 g/mol. The second-order valence-electron chi connectivity index (χ2n) is 5.77. The van der Waals surface area contributed by atoms with Gasteiger partial charge in [0.1, 0.15) is 17.7 Å². The van der Waals surface area contributed by atoms with Gasteiger partial charge in [-0.15, -0.1) is 0 Å². The van der Waals surface area contributed by atoms with Gasteiger partial charge in [0, 0.05) is 38.7 Å². The second-order valence-corrected chi connectivity index (χ2v) is 5.77. The van der Waals surface area contributed by atoms with Gasteiger partial charge in [-0.1, -0.05) is 0 Å². The maximum atomic E-state index is 8.76. The summed E-state index contributed by atoms with van der Waals surface area (Å²) in [4.78, 5) is 11.1. The Labute approximate surface area is 130 Å². The number of imidazole rings is 1. The zero-order valence-corrected chi connectivity index (χ0v) is 12.7. The van der Waals surface area contributed by atoms with Crippen molar-refractivity contribution < 1.29 is 0 Å². The molecule has 1 unspecified atom stereocenters. The summed E-state index contributed by atoms with van der Waals surface area (Å²) in [5, 5.41) is 12.1. The average Bonchev–Trinajstić information content (AvgIpc) is 3.16. The number of aromatic nitrogens is 3. The van der Waals surface area contributed by atoms with E-state index in [2.05, 4.69) is 30.8 Å². The lowest BCUT2D eigenvalue weighted by Gasteiger charge is -2.16. The van der Waals surface area contributed by atoms with E-state index in [0.717, 1.165) is 37.8 Å². The molecule has 0 saturated carbocycles. The van der Waals surface area contributed by atoms with E-state index in [9.17, 15) is 0 Å². The molecule has 0 aromatic carbocycles. The average molecular weight is 296 g/mol. The molecular weight excluding hydrogens is 276 g/mol. The van der Waals surface area contributed by atoms with Crippen LogP contribution in [0.1, 0.15) is 17.8 Å². The van der Waals surface area contributed by atoms with Gasteiger partial charge in [-0.25, -0.2) is 9.97 Å². The van der Waals surface area contributed by atoms with Crippen molar-refractivity contribution in [1.82, 2.24) is 19.4 Å². The molecule has 22 heavy (non-hydrogen) atoms. The first-order chi connectivity index (χ1) is 10.7. The summed E-state index contributed by atoms with van der Waals surface area (Å²) in [6.45, 7) is 4.02. The molecule has 3 rings (SSSR count). The van der Waals surface area contributed by atoms with Crippen LogP contribution in [0.15, 0.2) is 30.7 Å². The minimum absolute atomic E-state index is 0.590. The van der Waals surface area contributed by atoms with E-state index in [0.29, 0.717) is 11.5 Å². The first-order valence-corrected chi connectivity index (χ1v) is 7.53. The van der Waals surface area contributed by atoms with Gasteiger partial charge < -0.3 is 9.88 Å². The molecule has 114 valence electrons. The fraction of sp³-hybridized carbons (Fsp3) is 0.438. The zero-order valence-electron chi connectivity index (χ0n) is 12.7. The summed E-state index contributed by atoms with van der Waals surface area (Å²) in [5.74, 6) is 2.57. The van der Waals surface area contributed by atoms with Gasteiger partial charge in [0.2, 0.25) is 0 Å². The van der Waals surface area contributed by atoms with Crippen molar-refractivity contribution in [3.63, 3.8) is 0 Å². The van der Waals surface area contributed by atoms with Crippen molar-refractivity contribution in [2.24, 2.45) is 13.0 Å². The maximum absolute atomic E-state index is 8.76. The summed E-state index contributed by atoms with van der Waals surface area (Å²) < 4.78 is 2.08. The zero-order chi connectivity index (χ0) is 15.4. The number of likely N-dealkylation sites (tertiary alicyclic amines) is 1. The molecular formula is C16H20N6. The maximum Gasteiger partial charge on any atom is 0.125 e. The number of rotatable bonds is 5. The Morgan fingerprint density at radius 3 is 3.00 bits per heavy atom. The number of anilines is 1. The molecule has 2 aromatic heterocycles. The van der Waals surface area contributed by atoms with E-state index in [1.807, 2.05) is 25.5 Å². The summed E-state index contributed by atoms with van der Waals surface area (Å²) in [7, 11) is 2.04. The summed E-state index contributed by atoms with van der Waals surface area (Å²) in [6.07, 6.45) is 6.63. The molecule has 6 heteroatoms. The minimum atomic E-state index is 0.590. The predicted molar refractivity (Wildman–Crippen MR) is 84.0 cm³/mol. The number of aryl methyl sites for hydroxylation is 1. The second kappa shape index (κ2) is 6.58. The molecule has 1 fully saturated rings. The van der Waals surface area contributed by atoms with Crippen LogP contribution >= 0.6 is 0 Å². The summed E-state index contributed by atoms with van der Waals surface area (Å²) in [5.41, 5.74) is 0.590. The van der Waals surface area contributed by atoms with Crippen molar-refractivity contribution >= 4 is 5.82 Å². The highest BCUT2D eigenvalue weighted by Crippen LogP contribution is 2.18. The fourth-order valence-corrected chi connectivity index (χ4v) is 2.79. The third kappa shape index (κ3) is 3.43. The molecule has 0 spiro atoms. The fourth-order valence-electron chi connectivity index (χ4n) is 2.79. The molecule has 1 saturated heterocycles. The van der Waals surface area contributed by atoms with Crippen LogP contribution in [-0.4, -0.2) is 39.1 Å². The van der Waals surface area contributed by atoms with E-state index in [1.54, 1.807) is 12.3 Å². The smallest absolute Gasteiger partial charge is 0.125 e. The van der Waals surface area contributed by atoms with Crippen LogP contribution in [0, 0.1) is 17.2 Å². The Balaban J connectivity index is 1.46. The highest BCUT2D eigenvalue weighted by Gasteiger charge is 2.23. The number of pyridine rings is 1. The molecule has 1 aliphatic heterocycles. The number of nitrogens with zero attached hydrogens (tertiary/aromatic N) is 5. The first kappa shape index (κ1) is 14.5. The number of nitrogens with one attached hydrogen (secondary N) is 1. The van der Waals surface area contributed by atoms with Crippen molar-refractivity contribution in [3.8, 4) is 6.07 Å². The normalized spacial score (nSPS) is 18.3. The molecule has 1 N–H and O–H groups in total. The Morgan fingerprint density at radius 2 is 2.32 bits per heavy atom. The molecule has 1 atom stereocenters. The standard InChI is InChI=1S/C16H20N6/c1-21-7-5-18-16(21)12-22-6-4-14(11-22)10-20-15-3-2-13(8-17)9-19-15/h2-3,5,7,9,14H,4,6,10-12H2,1H3,(H,19,20). The quantitative estimate of drug-likeness (QED) is 0.908. The molecule has 1 aliphatic rings. The summed E-state index contributed by atoms with van der Waals surface area (Å²) in [6, 6.07) is 5.73. The van der Waals surface area contributed by atoms with E-state index in [4.69, 9.17) is 5.26 Å². The van der Waals surface area contributed by atoms with E-state index in [1.165, 1.54) is 6.42 Å². The van der Waals surface area contributed by atoms with Crippen molar-refractivity contribution in [3.05, 3.63) is 42.1 Å². The number of hydrogen-bond donors (Lipinski definition) is 1. The Morgan fingerprint density at radius 1 is 1.41 bits per heavy atom. The third-order valence-corrected chi connectivity index (χ3v) is 4.12. The molecule has 0 bridgehead atoms. The SMILES string of the molecule is Cn1ccnc1CN1CCC(CNc2ccc(C#N)cn2)C1. The van der Waals surface area contributed by atoms with Crippen LogP contribution < -0.4 is 5.32 Å². The van der Waals surface area contributed by atoms with Gasteiger partial charge in [0.25, 0.3) is 0 Å². The van der Waals surface area contributed by atoms with Crippen LogP contribution in [0.4, 0.5) is 5.82 Å². The topological polar surface area (TPSA) is 69.8 Å². The van der Waals surface area contributed by atoms with Gasteiger partial charge in [-0.2, -0.15) is 5.26 Å². The lowest BCUT2D eigenvalue weighted by Crippen LogP contribution is -2.24. The number of nitriles is 1.